The Morgan fingerprint density at radius 1 is 1.12 bits per heavy atom. The summed E-state index contributed by atoms with van der Waals surface area (Å²) in [4.78, 5) is 18.5. The maximum Gasteiger partial charge on any atom is 0.182 e. The third kappa shape index (κ3) is 2.01. The van der Waals surface area contributed by atoms with E-state index in [2.05, 4.69) is 30.9 Å². The zero-order valence-corrected chi connectivity index (χ0v) is 13.1. The molecular weight excluding hydrogens is 306 g/mol. The number of H-pyrrole nitrogens is 1. The SMILES string of the molecule is c1cc2c(c(C3CCCN3c3ncnc4nc[nH]c34)c1)OCCO2. The van der Waals surface area contributed by atoms with E-state index in [9.17, 15) is 0 Å². The lowest BCUT2D eigenvalue weighted by Crippen LogP contribution is -2.25. The highest BCUT2D eigenvalue weighted by molar-refractivity contribution is 5.83. The van der Waals surface area contributed by atoms with Crippen molar-refractivity contribution in [1.29, 1.82) is 0 Å². The molecular formula is C17H17N5O2. The highest BCUT2D eigenvalue weighted by atomic mass is 16.6. The van der Waals surface area contributed by atoms with Crippen LogP contribution >= 0.6 is 0 Å². The normalized spacial score (nSPS) is 19.8. The molecule has 1 atom stereocenters. The van der Waals surface area contributed by atoms with Gasteiger partial charge in [-0.15, -0.1) is 0 Å². The van der Waals surface area contributed by atoms with Crippen molar-refractivity contribution >= 4 is 17.0 Å². The molecule has 4 heterocycles. The van der Waals surface area contributed by atoms with Crippen LogP contribution in [0.5, 0.6) is 11.5 Å². The van der Waals surface area contributed by atoms with E-state index < -0.39 is 0 Å². The van der Waals surface area contributed by atoms with Gasteiger partial charge in [0.05, 0.1) is 12.4 Å². The van der Waals surface area contributed by atoms with Crippen molar-refractivity contribution in [2.45, 2.75) is 18.9 Å². The summed E-state index contributed by atoms with van der Waals surface area (Å²) in [7, 11) is 0. The number of ether oxygens (including phenoxy) is 2. The lowest BCUT2D eigenvalue weighted by Gasteiger charge is -2.29. The van der Waals surface area contributed by atoms with Gasteiger partial charge in [0.25, 0.3) is 0 Å². The summed E-state index contributed by atoms with van der Waals surface area (Å²) in [6, 6.07) is 6.34. The summed E-state index contributed by atoms with van der Waals surface area (Å²) < 4.78 is 11.7. The van der Waals surface area contributed by atoms with Crippen molar-refractivity contribution < 1.29 is 9.47 Å². The molecule has 122 valence electrons. The maximum absolute atomic E-state index is 5.92. The highest BCUT2D eigenvalue weighted by Crippen LogP contribution is 2.44. The molecule has 0 radical (unpaired) electrons. The third-order valence-corrected chi connectivity index (χ3v) is 4.68. The number of anilines is 1. The van der Waals surface area contributed by atoms with E-state index in [1.165, 1.54) is 0 Å². The molecule has 1 fully saturated rings. The molecule has 1 aromatic carbocycles. The Morgan fingerprint density at radius 3 is 3.08 bits per heavy atom. The number of nitrogens with zero attached hydrogens (tertiary/aromatic N) is 4. The second-order valence-corrected chi connectivity index (χ2v) is 6.02. The molecule has 7 heteroatoms. The number of para-hydroxylation sites is 1. The third-order valence-electron chi connectivity index (χ3n) is 4.68. The number of benzene rings is 1. The standard InChI is InChI=1S/C17H17N5O2/c1-3-11(15-13(5-1)23-7-8-24-15)12-4-2-6-22(12)17-14-16(19-9-18-14)20-10-21-17/h1,3,5,9-10,12H,2,4,6-8H2,(H,18,19,20,21). The quantitative estimate of drug-likeness (QED) is 0.781. The number of rotatable bonds is 2. The van der Waals surface area contributed by atoms with Crippen molar-refractivity contribution in [1.82, 2.24) is 19.9 Å². The average Bonchev–Trinajstić information content (AvgIpc) is 3.30. The van der Waals surface area contributed by atoms with Crippen molar-refractivity contribution in [3.05, 3.63) is 36.4 Å². The summed E-state index contributed by atoms with van der Waals surface area (Å²) in [5, 5.41) is 0. The Balaban J connectivity index is 1.60. The van der Waals surface area contributed by atoms with E-state index in [0.29, 0.717) is 18.9 Å². The van der Waals surface area contributed by atoms with Crippen LogP contribution in [0.3, 0.4) is 0 Å². The fraction of sp³-hybridized carbons (Fsp3) is 0.353. The van der Waals surface area contributed by atoms with Gasteiger partial charge in [0.1, 0.15) is 25.1 Å². The molecule has 24 heavy (non-hydrogen) atoms. The van der Waals surface area contributed by atoms with Crippen molar-refractivity contribution in [3.63, 3.8) is 0 Å². The summed E-state index contributed by atoms with van der Waals surface area (Å²) in [5.74, 6) is 2.60. The van der Waals surface area contributed by atoms with E-state index in [-0.39, 0.29) is 6.04 Å². The van der Waals surface area contributed by atoms with E-state index in [0.717, 1.165) is 47.8 Å². The van der Waals surface area contributed by atoms with Gasteiger partial charge in [0.15, 0.2) is 23.0 Å². The van der Waals surface area contributed by atoms with Gasteiger partial charge in [-0.25, -0.2) is 15.0 Å². The van der Waals surface area contributed by atoms with Gasteiger partial charge in [0.2, 0.25) is 0 Å². The lowest BCUT2D eigenvalue weighted by molar-refractivity contribution is 0.169. The Bertz CT molecular complexity index is 894. The number of hydrogen-bond acceptors (Lipinski definition) is 6. The van der Waals surface area contributed by atoms with Crippen LogP contribution in [-0.2, 0) is 0 Å². The molecule has 1 saturated heterocycles. The second kappa shape index (κ2) is 5.36. The Hall–Kier alpha value is -2.83. The number of nitrogens with one attached hydrogen (secondary N) is 1. The Labute approximate surface area is 138 Å². The van der Waals surface area contributed by atoms with Gasteiger partial charge in [-0.05, 0) is 18.9 Å². The van der Waals surface area contributed by atoms with E-state index in [1.54, 1.807) is 12.7 Å². The number of fused-ring (bicyclic) bond motifs is 2. The Morgan fingerprint density at radius 2 is 2.08 bits per heavy atom. The first-order chi connectivity index (χ1) is 11.9. The zero-order valence-electron chi connectivity index (χ0n) is 13.1. The molecule has 2 aromatic heterocycles. The minimum Gasteiger partial charge on any atom is -0.486 e. The number of aromatic nitrogens is 4. The molecule has 0 aliphatic carbocycles. The predicted molar refractivity (Wildman–Crippen MR) is 88.4 cm³/mol. The van der Waals surface area contributed by atoms with Gasteiger partial charge in [-0.2, -0.15) is 0 Å². The minimum atomic E-state index is 0.211. The number of imidazole rings is 1. The van der Waals surface area contributed by atoms with Crippen LogP contribution in [0.4, 0.5) is 5.82 Å². The smallest absolute Gasteiger partial charge is 0.182 e. The molecule has 7 nitrogen and oxygen atoms in total. The van der Waals surface area contributed by atoms with Gasteiger partial charge in [-0.3, -0.25) is 0 Å². The van der Waals surface area contributed by atoms with Crippen LogP contribution in [0, 0.1) is 0 Å². The molecule has 3 aromatic rings. The van der Waals surface area contributed by atoms with E-state index >= 15 is 0 Å². The van der Waals surface area contributed by atoms with Crippen LogP contribution in [-0.4, -0.2) is 39.7 Å². The van der Waals surface area contributed by atoms with Crippen molar-refractivity contribution in [2.24, 2.45) is 0 Å². The summed E-state index contributed by atoms with van der Waals surface area (Å²) >= 11 is 0. The van der Waals surface area contributed by atoms with E-state index in [4.69, 9.17) is 9.47 Å². The van der Waals surface area contributed by atoms with Gasteiger partial charge >= 0.3 is 0 Å². The van der Waals surface area contributed by atoms with Gasteiger partial charge in [0, 0.05) is 12.1 Å². The lowest BCUT2D eigenvalue weighted by atomic mass is 10.0. The molecule has 1 unspecified atom stereocenters. The van der Waals surface area contributed by atoms with Crippen LogP contribution in [0.2, 0.25) is 0 Å². The summed E-state index contributed by atoms with van der Waals surface area (Å²) in [5.41, 5.74) is 2.74. The van der Waals surface area contributed by atoms with Crippen LogP contribution < -0.4 is 14.4 Å². The monoisotopic (exact) mass is 323 g/mol. The van der Waals surface area contributed by atoms with Crippen molar-refractivity contribution in [2.75, 3.05) is 24.7 Å². The maximum atomic E-state index is 5.92. The molecule has 2 aliphatic heterocycles. The molecule has 0 saturated carbocycles. The Kier molecular flexibility index (Phi) is 3.04. The first-order valence-electron chi connectivity index (χ1n) is 8.21. The predicted octanol–water partition coefficient (Wildman–Crippen LogP) is 2.47. The van der Waals surface area contributed by atoms with Crippen molar-refractivity contribution in [3.8, 4) is 11.5 Å². The first kappa shape index (κ1) is 13.6. The molecule has 0 amide bonds. The zero-order chi connectivity index (χ0) is 15.9. The molecule has 0 spiro atoms. The topological polar surface area (TPSA) is 76.2 Å². The molecule has 2 aliphatic rings. The first-order valence-corrected chi connectivity index (χ1v) is 8.21. The molecule has 0 bridgehead atoms. The summed E-state index contributed by atoms with van der Waals surface area (Å²) in [6.45, 7) is 2.14. The number of hydrogen-bond donors (Lipinski definition) is 1. The van der Waals surface area contributed by atoms with Crippen LogP contribution in [0.15, 0.2) is 30.9 Å². The van der Waals surface area contributed by atoms with Crippen LogP contribution in [0.1, 0.15) is 24.4 Å². The highest BCUT2D eigenvalue weighted by Gasteiger charge is 2.32. The fourth-order valence-corrected chi connectivity index (χ4v) is 3.67. The fourth-order valence-electron chi connectivity index (χ4n) is 3.67. The minimum absolute atomic E-state index is 0.211. The summed E-state index contributed by atoms with van der Waals surface area (Å²) in [6.07, 6.45) is 5.40. The molecule has 5 rings (SSSR count). The van der Waals surface area contributed by atoms with E-state index in [1.807, 2.05) is 12.1 Å². The average molecular weight is 323 g/mol. The largest absolute Gasteiger partial charge is 0.486 e. The molecule has 1 N–H and O–H groups in total. The number of aromatic amines is 1. The van der Waals surface area contributed by atoms with Crippen LogP contribution in [0.25, 0.3) is 11.2 Å². The van der Waals surface area contributed by atoms with Gasteiger partial charge in [-0.1, -0.05) is 12.1 Å². The van der Waals surface area contributed by atoms with Gasteiger partial charge < -0.3 is 19.4 Å². The second-order valence-electron chi connectivity index (χ2n) is 6.02.